The summed E-state index contributed by atoms with van der Waals surface area (Å²) in [5.41, 5.74) is 5.42. The Morgan fingerprint density at radius 1 is 0.792 bits per heavy atom. The van der Waals surface area contributed by atoms with Crippen molar-refractivity contribution in [3.05, 3.63) is 100 Å². The highest BCUT2D eigenvalue weighted by Crippen LogP contribution is 2.47. The summed E-state index contributed by atoms with van der Waals surface area (Å²) >= 11 is 3.54. The minimum Gasteiger partial charge on any atom is -0.363 e. The monoisotopic (exact) mass is 377 g/mol. The van der Waals surface area contributed by atoms with Crippen molar-refractivity contribution in [3.63, 3.8) is 0 Å². The number of rotatable bonds is 3. The number of aryl methyl sites for hydroxylation is 1. The lowest BCUT2D eigenvalue weighted by molar-refractivity contribution is 0.391. The molecule has 1 aliphatic heterocycles. The summed E-state index contributed by atoms with van der Waals surface area (Å²) in [6.45, 7) is 3.20. The average molecular weight is 378 g/mol. The van der Waals surface area contributed by atoms with Gasteiger partial charge in [-0.15, -0.1) is 0 Å². The number of hydrogen-bond acceptors (Lipinski definition) is 1. The SMILES string of the molecule is Cc1ccc(C2C(c3ccc(Br)cc3)CN2c2ccccc2)cc1. The Morgan fingerprint density at radius 2 is 1.42 bits per heavy atom. The third-order valence-electron chi connectivity index (χ3n) is 4.92. The lowest BCUT2D eigenvalue weighted by Gasteiger charge is -2.50. The van der Waals surface area contributed by atoms with E-state index in [1.807, 2.05) is 0 Å². The highest BCUT2D eigenvalue weighted by atomic mass is 79.9. The fraction of sp³-hybridized carbons (Fsp3) is 0.182. The van der Waals surface area contributed by atoms with Crippen LogP contribution >= 0.6 is 15.9 Å². The maximum Gasteiger partial charge on any atom is 0.0628 e. The summed E-state index contributed by atoms with van der Waals surface area (Å²) in [5.74, 6) is 0.529. The predicted molar refractivity (Wildman–Crippen MR) is 105 cm³/mol. The number of benzene rings is 3. The first kappa shape index (κ1) is 15.5. The Bertz CT molecular complexity index is 809. The van der Waals surface area contributed by atoms with Crippen LogP contribution < -0.4 is 4.90 Å². The van der Waals surface area contributed by atoms with Crippen LogP contribution in [0.1, 0.15) is 28.7 Å². The largest absolute Gasteiger partial charge is 0.363 e. The minimum absolute atomic E-state index is 0.397. The van der Waals surface area contributed by atoms with Gasteiger partial charge in [-0.05, 0) is 42.3 Å². The Balaban J connectivity index is 1.70. The maximum absolute atomic E-state index is 3.54. The second-order valence-corrected chi connectivity index (χ2v) is 7.42. The Kier molecular flexibility index (Phi) is 4.15. The summed E-state index contributed by atoms with van der Waals surface area (Å²) in [6.07, 6.45) is 0. The van der Waals surface area contributed by atoms with Gasteiger partial charge in [-0.25, -0.2) is 0 Å². The zero-order valence-electron chi connectivity index (χ0n) is 13.7. The third-order valence-corrected chi connectivity index (χ3v) is 5.44. The lowest BCUT2D eigenvalue weighted by Crippen LogP contribution is -2.48. The molecule has 1 fully saturated rings. The molecule has 0 spiro atoms. The highest BCUT2D eigenvalue weighted by Gasteiger charge is 2.40. The van der Waals surface area contributed by atoms with Gasteiger partial charge in [0.05, 0.1) is 6.04 Å². The van der Waals surface area contributed by atoms with E-state index in [2.05, 4.69) is 107 Å². The van der Waals surface area contributed by atoms with Gasteiger partial charge in [0.2, 0.25) is 0 Å². The first-order valence-corrected chi connectivity index (χ1v) is 9.15. The molecule has 24 heavy (non-hydrogen) atoms. The fourth-order valence-electron chi connectivity index (χ4n) is 3.56. The standard InChI is InChI=1S/C22H20BrN/c1-16-7-9-18(10-8-16)22-21(17-11-13-19(23)14-12-17)15-24(22)20-5-3-2-4-6-20/h2-14,21-22H,15H2,1H3. The number of anilines is 1. The predicted octanol–water partition coefficient (Wildman–Crippen LogP) is 6.10. The quantitative estimate of drug-likeness (QED) is 0.532. The molecule has 1 aliphatic rings. The molecule has 0 aromatic heterocycles. The van der Waals surface area contributed by atoms with Crippen molar-refractivity contribution >= 4 is 21.6 Å². The van der Waals surface area contributed by atoms with Gasteiger partial charge >= 0.3 is 0 Å². The van der Waals surface area contributed by atoms with Crippen LogP contribution in [-0.4, -0.2) is 6.54 Å². The molecule has 4 rings (SSSR count). The third kappa shape index (κ3) is 2.87. The topological polar surface area (TPSA) is 3.24 Å². The maximum atomic E-state index is 3.54. The second kappa shape index (κ2) is 6.45. The van der Waals surface area contributed by atoms with Gasteiger partial charge in [0.1, 0.15) is 0 Å². The molecule has 0 saturated carbocycles. The van der Waals surface area contributed by atoms with Crippen molar-refractivity contribution in [2.75, 3.05) is 11.4 Å². The van der Waals surface area contributed by atoms with Crippen LogP contribution in [0.3, 0.4) is 0 Å². The molecule has 2 atom stereocenters. The number of hydrogen-bond donors (Lipinski definition) is 0. The van der Waals surface area contributed by atoms with Crippen molar-refractivity contribution in [2.45, 2.75) is 18.9 Å². The van der Waals surface area contributed by atoms with E-state index in [1.165, 1.54) is 22.4 Å². The van der Waals surface area contributed by atoms with Crippen molar-refractivity contribution in [1.82, 2.24) is 0 Å². The normalized spacial score (nSPS) is 19.8. The molecule has 0 N–H and O–H groups in total. The van der Waals surface area contributed by atoms with Gasteiger partial charge in [0.25, 0.3) is 0 Å². The van der Waals surface area contributed by atoms with E-state index in [0.717, 1.165) is 11.0 Å². The van der Waals surface area contributed by atoms with E-state index in [0.29, 0.717) is 12.0 Å². The zero-order chi connectivity index (χ0) is 16.5. The lowest BCUT2D eigenvalue weighted by atomic mass is 9.78. The van der Waals surface area contributed by atoms with E-state index in [4.69, 9.17) is 0 Å². The van der Waals surface area contributed by atoms with E-state index in [9.17, 15) is 0 Å². The molecule has 2 unspecified atom stereocenters. The number of halogens is 1. The van der Waals surface area contributed by atoms with Crippen molar-refractivity contribution in [2.24, 2.45) is 0 Å². The van der Waals surface area contributed by atoms with Gasteiger partial charge in [-0.2, -0.15) is 0 Å². The summed E-state index contributed by atoms with van der Waals surface area (Å²) in [7, 11) is 0. The molecular weight excluding hydrogens is 358 g/mol. The van der Waals surface area contributed by atoms with Gasteiger partial charge in [0.15, 0.2) is 0 Å². The Hall–Kier alpha value is -2.06. The van der Waals surface area contributed by atoms with Crippen LogP contribution in [0.2, 0.25) is 0 Å². The molecule has 3 aromatic rings. The van der Waals surface area contributed by atoms with Gasteiger partial charge in [-0.1, -0.05) is 76.1 Å². The average Bonchev–Trinajstić information content (AvgIpc) is 2.59. The van der Waals surface area contributed by atoms with Crippen molar-refractivity contribution in [1.29, 1.82) is 0 Å². The number of nitrogens with zero attached hydrogens (tertiary/aromatic N) is 1. The summed E-state index contributed by atoms with van der Waals surface area (Å²) in [5, 5.41) is 0. The molecule has 0 radical (unpaired) electrons. The summed E-state index contributed by atoms with van der Waals surface area (Å²) in [6, 6.07) is 28.9. The van der Waals surface area contributed by atoms with Crippen LogP contribution in [0, 0.1) is 6.92 Å². The summed E-state index contributed by atoms with van der Waals surface area (Å²) < 4.78 is 1.14. The van der Waals surface area contributed by atoms with Crippen LogP contribution in [-0.2, 0) is 0 Å². The van der Waals surface area contributed by atoms with E-state index < -0.39 is 0 Å². The van der Waals surface area contributed by atoms with Gasteiger partial charge < -0.3 is 4.90 Å². The van der Waals surface area contributed by atoms with Crippen LogP contribution in [0.5, 0.6) is 0 Å². The number of para-hydroxylation sites is 1. The molecule has 1 heterocycles. The van der Waals surface area contributed by atoms with E-state index >= 15 is 0 Å². The van der Waals surface area contributed by atoms with Gasteiger partial charge in [-0.3, -0.25) is 0 Å². The smallest absolute Gasteiger partial charge is 0.0628 e. The first-order valence-electron chi connectivity index (χ1n) is 8.36. The zero-order valence-corrected chi connectivity index (χ0v) is 15.3. The van der Waals surface area contributed by atoms with Crippen molar-refractivity contribution < 1.29 is 0 Å². The fourth-order valence-corrected chi connectivity index (χ4v) is 3.83. The molecule has 0 amide bonds. The molecule has 120 valence electrons. The van der Waals surface area contributed by atoms with Crippen molar-refractivity contribution in [3.8, 4) is 0 Å². The first-order chi connectivity index (χ1) is 11.7. The molecular formula is C22H20BrN. The van der Waals surface area contributed by atoms with Gasteiger partial charge in [0, 0.05) is 22.6 Å². The highest BCUT2D eigenvalue weighted by molar-refractivity contribution is 9.10. The Morgan fingerprint density at radius 3 is 2.08 bits per heavy atom. The molecule has 0 bridgehead atoms. The van der Waals surface area contributed by atoms with Crippen LogP contribution in [0.25, 0.3) is 0 Å². The summed E-state index contributed by atoms with van der Waals surface area (Å²) in [4.78, 5) is 2.51. The molecule has 1 saturated heterocycles. The van der Waals surface area contributed by atoms with Crippen LogP contribution in [0.4, 0.5) is 5.69 Å². The Labute approximate surface area is 152 Å². The van der Waals surface area contributed by atoms with Crippen LogP contribution in [0.15, 0.2) is 83.3 Å². The minimum atomic E-state index is 0.397. The second-order valence-electron chi connectivity index (χ2n) is 6.50. The molecule has 1 nitrogen and oxygen atoms in total. The molecule has 2 heteroatoms. The van der Waals surface area contributed by atoms with E-state index in [1.54, 1.807) is 0 Å². The van der Waals surface area contributed by atoms with E-state index in [-0.39, 0.29) is 0 Å². The molecule has 3 aromatic carbocycles. The molecule has 0 aliphatic carbocycles.